The first-order valence-corrected chi connectivity index (χ1v) is 6.95. The highest BCUT2D eigenvalue weighted by Crippen LogP contribution is 2.16. The van der Waals surface area contributed by atoms with Crippen molar-refractivity contribution in [3.05, 3.63) is 52.5 Å². The van der Waals surface area contributed by atoms with E-state index in [0.29, 0.717) is 0 Å². The van der Waals surface area contributed by atoms with Crippen molar-refractivity contribution in [3.63, 3.8) is 0 Å². The van der Waals surface area contributed by atoms with Crippen molar-refractivity contribution in [1.29, 1.82) is 0 Å². The molecule has 1 amide bonds. The molecule has 106 valence electrons. The SMILES string of the molecule is O=C(COc1ccccc1F)NC[C@H](O)c1ccsc1. The largest absolute Gasteiger partial charge is 0.481 e. The molecule has 0 aliphatic rings. The first-order chi connectivity index (χ1) is 9.66. The number of carbonyl (C=O) groups excluding carboxylic acids is 1. The van der Waals surface area contributed by atoms with Gasteiger partial charge in [0.25, 0.3) is 5.91 Å². The van der Waals surface area contributed by atoms with Crippen LogP contribution in [0.2, 0.25) is 0 Å². The van der Waals surface area contributed by atoms with Gasteiger partial charge in [-0.1, -0.05) is 12.1 Å². The second-order valence-corrected chi connectivity index (χ2v) is 4.88. The predicted molar refractivity (Wildman–Crippen MR) is 74.2 cm³/mol. The van der Waals surface area contributed by atoms with Gasteiger partial charge in [0.2, 0.25) is 0 Å². The molecule has 6 heteroatoms. The van der Waals surface area contributed by atoms with Crippen molar-refractivity contribution >= 4 is 17.2 Å². The van der Waals surface area contributed by atoms with Crippen LogP contribution in [0.3, 0.4) is 0 Å². The molecule has 1 atom stereocenters. The van der Waals surface area contributed by atoms with Crippen LogP contribution < -0.4 is 10.1 Å². The smallest absolute Gasteiger partial charge is 0.258 e. The third-order valence-electron chi connectivity index (χ3n) is 2.62. The van der Waals surface area contributed by atoms with E-state index in [1.165, 1.54) is 23.5 Å². The summed E-state index contributed by atoms with van der Waals surface area (Å²) in [6.45, 7) is -0.201. The van der Waals surface area contributed by atoms with Crippen LogP contribution in [0, 0.1) is 5.82 Å². The highest BCUT2D eigenvalue weighted by Gasteiger charge is 2.11. The lowest BCUT2D eigenvalue weighted by atomic mass is 10.2. The summed E-state index contributed by atoms with van der Waals surface area (Å²) < 4.78 is 18.3. The molecule has 0 spiro atoms. The number of nitrogens with one attached hydrogen (secondary N) is 1. The van der Waals surface area contributed by atoms with Gasteiger partial charge in [0.05, 0.1) is 6.10 Å². The van der Waals surface area contributed by atoms with Crippen LogP contribution in [0.5, 0.6) is 5.75 Å². The molecule has 1 aromatic heterocycles. The number of halogens is 1. The van der Waals surface area contributed by atoms with Gasteiger partial charge in [-0.2, -0.15) is 11.3 Å². The van der Waals surface area contributed by atoms with Crippen molar-refractivity contribution in [2.45, 2.75) is 6.10 Å². The van der Waals surface area contributed by atoms with Crippen molar-refractivity contribution < 1.29 is 19.0 Å². The van der Waals surface area contributed by atoms with Crippen LogP contribution >= 0.6 is 11.3 Å². The van der Waals surface area contributed by atoms with Gasteiger partial charge in [-0.05, 0) is 34.5 Å². The minimum atomic E-state index is -0.751. The number of thiophene rings is 1. The topological polar surface area (TPSA) is 58.6 Å². The molecule has 2 N–H and O–H groups in total. The van der Waals surface area contributed by atoms with Crippen molar-refractivity contribution in [1.82, 2.24) is 5.32 Å². The summed E-state index contributed by atoms with van der Waals surface area (Å²) in [7, 11) is 0. The van der Waals surface area contributed by atoms with E-state index in [1.807, 2.05) is 10.8 Å². The molecular formula is C14H14FNO3S. The number of aliphatic hydroxyl groups is 1. The zero-order chi connectivity index (χ0) is 14.4. The average molecular weight is 295 g/mol. The minimum Gasteiger partial charge on any atom is -0.481 e. The van der Waals surface area contributed by atoms with E-state index >= 15 is 0 Å². The summed E-state index contributed by atoms with van der Waals surface area (Å²) in [5.74, 6) is -0.901. The maximum absolute atomic E-state index is 13.2. The first kappa shape index (κ1) is 14.5. The Kier molecular flexibility index (Phi) is 5.09. The Morgan fingerprint density at radius 1 is 1.40 bits per heavy atom. The van der Waals surface area contributed by atoms with Crippen LogP contribution in [0.15, 0.2) is 41.1 Å². The number of hydrogen-bond acceptors (Lipinski definition) is 4. The van der Waals surface area contributed by atoms with E-state index < -0.39 is 17.8 Å². The second kappa shape index (κ2) is 7.02. The normalized spacial score (nSPS) is 11.9. The van der Waals surface area contributed by atoms with Crippen LogP contribution in [0.25, 0.3) is 0 Å². The number of hydrogen-bond donors (Lipinski definition) is 2. The monoisotopic (exact) mass is 295 g/mol. The van der Waals surface area contributed by atoms with Gasteiger partial charge in [0.15, 0.2) is 18.2 Å². The molecule has 0 aliphatic carbocycles. The zero-order valence-corrected chi connectivity index (χ0v) is 11.4. The molecule has 0 unspecified atom stereocenters. The second-order valence-electron chi connectivity index (χ2n) is 4.10. The quantitative estimate of drug-likeness (QED) is 0.858. The molecule has 1 heterocycles. The maximum Gasteiger partial charge on any atom is 0.258 e. The van der Waals surface area contributed by atoms with Crippen molar-refractivity contribution in [3.8, 4) is 5.75 Å². The van der Waals surface area contributed by atoms with Gasteiger partial charge in [0, 0.05) is 6.54 Å². The standard InChI is InChI=1S/C14H14FNO3S/c15-11-3-1-2-4-13(11)19-8-14(18)16-7-12(17)10-5-6-20-9-10/h1-6,9,12,17H,7-8H2,(H,16,18)/t12-/m0/s1. The fourth-order valence-electron chi connectivity index (χ4n) is 1.55. The minimum absolute atomic E-state index is 0.0287. The number of carbonyl (C=O) groups is 1. The molecule has 0 saturated heterocycles. The lowest BCUT2D eigenvalue weighted by Gasteiger charge is -2.11. The average Bonchev–Trinajstić information content (AvgIpc) is 2.98. The third kappa shape index (κ3) is 4.04. The Morgan fingerprint density at radius 3 is 2.90 bits per heavy atom. The highest BCUT2D eigenvalue weighted by atomic mass is 32.1. The van der Waals surface area contributed by atoms with Crippen molar-refractivity contribution in [2.24, 2.45) is 0 Å². The van der Waals surface area contributed by atoms with E-state index in [-0.39, 0.29) is 18.9 Å². The summed E-state index contributed by atoms with van der Waals surface area (Å²) in [6, 6.07) is 7.66. The summed E-state index contributed by atoms with van der Waals surface area (Å²) in [5.41, 5.74) is 0.755. The number of rotatable bonds is 6. The number of ether oxygens (including phenoxy) is 1. The molecule has 0 bridgehead atoms. The van der Waals surface area contributed by atoms with Gasteiger partial charge < -0.3 is 15.2 Å². The van der Waals surface area contributed by atoms with Gasteiger partial charge in [-0.25, -0.2) is 4.39 Å². The molecule has 0 fully saturated rings. The van der Waals surface area contributed by atoms with E-state index in [1.54, 1.807) is 18.2 Å². The van der Waals surface area contributed by atoms with E-state index in [2.05, 4.69) is 5.32 Å². The van der Waals surface area contributed by atoms with E-state index in [9.17, 15) is 14.3 Å². The molecule has 0 radical (unpaired) electrons. The third-order valence-corrected chi connectivity index (χ3v) is 3.32. The van der Waals surface area contributed by atoms with E-state index in [0.717, 1.165) is 5.56 Å². The Bertz CT molecular complexity index is 559. The van der Waals surface area contributed by atoms with Gasteiger partial charge in [-0.15, -0.1) is 0 Å². The van der Waals surface area contributed by atoms with Crippen molar-refractivity contribution in [2.75, 3.05) is 13.2 Å². The highest BCUT2D eigenvalue weighted by molar-refractivity contribution is 7.07. The molecule has 1 aromatic carbocycles. The lowest BCUT2D eigenvalue weighted by Crippen LogP contribution is -2.32. The Labute approximate surface area is 119 Å². The molecule has 4 nitrogen and oxygen atoms in total. The fourth-order valence-corrected chi connectivity index (χ4v) is 2.26. The lowest BCUT2D eigenvalue weighted by molar-refractivity contribution is -0.123. The molecule has 0 saturated carbocycles. The molecule has 20 heavy (non-hydrogen) atoms. The number of benzene rings is 1. The zero-order valence-electron chi connectivity index (χ0n) is 10.6. The maximum atomic E-state index is 13.2. The van der Waals surface area contributed by atoms with Gasteiger partial charge >= 0.3 is 0 Å². The number of para-hydroxylation sites is 1. The van der Waals surface area contributed by atoms with E-state index in [4.69, 9.17) is 4.74 Å². The Morgan fingerprint density at radius 2 is 2.20 bits per heavy atom. The summed E-state index contributed by atoms with van der Waals surface area (Å²) >= 11 is 1.47. The van der Waals surface area contributed by atoms with Gasteiger partial charge in [-0.3, -0.25) is 4.79 Å². The number of amides is 1. The molecule has 0 aliphatic heterocycles. The molecular weight excluding hydrogens is 281 g/mol. The molecule has 2 aromatic rings. The fraction of sp³-hybridized carbons (Fsp3) is 0.214. The summed E-state index contributed by atoms with van der Waals surface area (Å²) in [4.78, 5) is 11.5. The van der Waals surface area contributed by atoms with Crippen LogP contribution in [0.4, 0.5) is 4.39 Å². The summed E-state index contributed by atoms with van der Waals surface area (Å²) in [5, 5.41) is 16.0. The number of aliphatic hydroxyl groups excluding tert-OH is 1. The van der Waals surface area contributed by atoms with Crippen LogP contribution in [-0.2, 0) is 4.79 Å². The first-order valence-electron chi connectivity index (χ1n) is 6.01. The molecule has 2 rings (SSSR count). The predicted octanol–water partition coefficient (Wildman–Crippen LogP) is 2.12. The van der Waals surface area contributed by atoms with Gasteiger partial charge in [0.1, 0.15) is 0 Å². The van der Waals surface area contributed by atoms with Crippen LogP contribution in [-0.4, -0.2) is 24.2 Å². The Hall–Kier alpha value is -1.92. The Balaban J connectivity index is 1.75. The summed E-state index contributed by atoms with van der Waals surface area (Å²) in [6.07, 6.45) is -0.751. The van der Waals surface area contributed by atoms with Crippen LogP contribution in [0.1, 0.15) is 11.7 Å².